The average Bonchev–Trinajstić information content (AvgIpc) is 2.37. The van der Waals surface area contributed by atoms with Crippen molar-refractivity contribution >= 4 is 34.8 Å². The molecule has 3 nitrogen and oxygen atoms in total. The third-order valence-electron chi connectivity index (χ3n) is 2.64. The zero-order valence-electron chi connectivity index (χ0n) is 10.1. The van der Waals surface area contributed by atoms with Crippen LogP contribution in [0, 0.1) is 6.92 Å². The lowest BCUT2D eigenvalue weighted by Crippen LogP contribution is -2.12. The summed E-state index contributed by atoms with van der Waals surface area (Å²) in [5.41, 5.74) is 1.51. The van der Waals surface area contributed by atoms with Gasteiger partial charge in [-0.15, -0.1) is 0 Å². The van der Waals surface area contributed by atoms with E-state index in [9.17, 15) is 9.90 Å². The Morgan fingerprint density at radius 2 is 1.89 bits per heavy atom. The van der Waals surface area contributed by atoms with E-state index in [1.165, 1.54) is 12.1 Å². The molecule has 0 radical (unpaired) electrons. The van der Waals surface area contributed by atoms with Gasteiger partial charge in [-0.05, 0) is 48.9 Å². The SMILES string of the molecule is Cc1cc(C(=O)Nc2cc(Cl)ccc2Cl)ccc1O. The number of carbonyl (C=O) groups is 1. The van der Waals surface area contributed by atoms with Gasteiger partial charge in [0, 0.05) is 10.6 Å². The van der Waals surface area contributed by atoms with E-state index >= 15 is 0 Å². The predicted molar refractivity (Wildman–Crippen MR) is 77.3 cm³/mol. The molecule has 0 aliphatic carbocycles. The molecular formula is C14H11Cl2NO2. The number of aryl methyl sites for hydroxylation is 1. The molecule has 2 aromatic carbocycles. The van der Waals surface area contributed by atoms with Gasteiger partial charge in [-0.3, -0.25) is 4.79 Å². The Hall–Kier alpha value is -1.71. The molecule has 19 heavy (non-hydrogen) atoms. The van der Waals surface area contributed by atoms with Gasteiger partial charge in [0.1, 0.15) is 5.75 Å². The summed E-state index contributed by atoms with van der Waals surface area (Å²) in [7, 11) is 0. The van der Waals surface area contributed by atoms with Crippen LogP contribution in [0.15, 0.2) is 36.4 Å². The van der Waals surface area contributed by atoms with Gasteiger partial charge in [0.05, 0.1) is 10.7 Å². The third-order valence-corrected chi connectivity index (χ3v) is 3.20. The molecule has 0 aromatic heterocycles. The number of benzene rings is 2. The molecule has 0 heterocycles. The Kier molecular flexibility index (Phi) is 3.98. The minimum Gasteiger partial charge on any atom is -0.508 e. The second-order valence-corrected chi connectivity index (χ2v) is 4.92. The van der Waals surface area contributed by atoms with Gasteiger partial charge in [-0.2, -0.15) is 0 Å². The summed E-state index contributed by atoms with van der Waals surface area (Å²) >= 11 is 11.8. The first-order valence-corrected chi connectivity index (χ1v) is 6.29. The minimum absolute atomic E-state index is 0.150. The molecule has 1 amide bonds. The van der Waals surface area contributed by atoms with Crippen molar-refractivity contribution in [2.45, 2.75) is 6.92 Å². The van der Waals surface area contributed by atoms with Crippen LogP contribution in [0.3, 0.4) is 0 Å². The number of halogens is 2. The molecule has 5 heteroatoms. The van der Waals surface area contributed by atoms with E-state index in [0.29, 0.717) is 26.9 Å². The summed E-state index contributed by atoms with van der Waals surface area (Å²) in [6.45, 7) is 1.72. The summed E-state index contributed by atoms with van der Waals surface area (Å²) < 4.78 is 0. The maximum absolute atomic E-state index is 12.0. The van der Waals surface area contributed by atoms with Crippen LogP contribution in [-0.4, -0.2) is 11.0 Å². The number of amides is 1. The molecule has 0 bridgehead atoms. The van der Waals surface area contributed by atoms with E-state index in [4.69, 9.17) is 23.2 Å². The normalized spacial score (nSPS) is 10.3. The van der Waals surface area contributed by atoms with Gasteiger partial charge in [0.25, 0.3) is 5.91 Å². The topological polar surface area (TPSA) is 49.3 Å². The summed E-state index contributed by atoms with van der Waals surface area (Å²) in [4.78, 5) is 12.0. The van der Waals surface area contributed by atoms with Crippen LogP contribution in [0.4, 0.5) is 5.69 Å². The van der Waals surface area contributed by atoms with Crippen molar-refractivity contribution in [2.75, 3.05) is 5.32 Å². The monoisotopic (exact) mass is 295 g/mol. The first-order chi connectivity index (χ1) is 8.97. The van der Waals surface area contributed by atoms with E-state index in [2.05, 4.69) is 5.32 Å². The highest BCUT2D eigenvalue weighted by molar-refractivity contribution is 6.35. The largest absolute Gasteiger partial charge is 0.508 e. The maximum atomic E-state index is 12.0. The lowest BCUT2D eigenvalue weighted by atomic mass is 10.1. The van der Waals surface area contributed by atoms with Gasteiger partial charge in [-0.1, -0.05) is 23.2 Å². The highest BCUT2D eigenvalue weighted by atomic mass is 35.5. The smallest absolute Gasteiger partial charge is 0.255 e. The quantitative estimate of drug-likeness (QED) is 0.870. The van der Waals surface area contributed by atoms with Crippen LogP contribution in [0.1, 0.15) is 15.9 Å². The number of aromatic hydroxyl groups is 1. The summed E-state index contributed by atoms with van der Waals surface area (Å²) in [5.74, 6) is -0.162. The molecule has 98 valence electrons. The van der Waals surface area contributed by atoms with Gasteiger partial charge in [-0.25, -0.2) is 0 Å². The van der Waals surface area contributed by atoms with Crippen molar-refractivity contribution in [1.82, 2.24) is 0 Å². The highest BCUT2D eigenvalue weighted by Gasteiger charge is 2.10. The lowest BCUT2D eigenvalue weighted by Gasteiger charge is -2.08. The van der Waals surface area contributed by atoms with Gasteiger partial charge >= 0.3 is 0 Å². The van der Waals surface area contributed by atoms with Gasteiger partial charge in [0.2, 0.25) is 0 Å². The molecule has 0 aliphatic rings. The fourth-order valence-corrected chi connectivity index (χ4v) is 1.92. The maximum Gasteiger partial charge on any atom is 0.255 e. The molecule has 0 saturated heterocycles. The van der Waals surface area contributed by atoms with E-state index in [1.54, 1.807) is 31.2 Å². The molecule has 0 aliphatic heterocycles. The zero-order chi connectivity index (χ0) is 14.0. The minimum atomic E-state index is -0.313. The van der Waals surface area contributed by atoms with Crippen molar-refractivity contribution in [1.29, 1.82) is 0 Å². The molecule has 2 rings (SSSR count). The Morgan fingerprint density at radius 1 is 1.16 bits per heavy atom. The second-order valence-electron chi connectivity index (χ2n) is 4.08. The molecule has 0 fully saturated rings. The number of carbonyl (C=O) groups excluding carboxylic acids is 1. The van der Waals surface area contributed by atoms with Crippen LogP contribution in [0.25, 0.3) is 0 Å². The van der Waals surface area contributed by atoms with Crippen molar-refractivity contribution in [3.63, 3.8) is 0 Å². The molecule has 0 atom stereocenters. The lowest BCUT2D eigenvalue weighted by molar-refractivity contribution is 0.102. The van der Waals surface area contributed by atoms with E-state index in [0.717, 1.165) is 0 Å². The Labute approximate surface area is 120 Å². The van der Waals surface area contributed by atoms with Crippen molar-refractivity contribution in [2.24, 2.45) is 0 Å². The Bertz CT molecular complexity index is 641. The molecule has 2 N–H and O–H groups in total. The number of anilines is 1. The number of hydrogen-bond donors (Lipinski definition) is 2. The van der Waals surface area contributed by atoms with E-state index < -0.39 is 0 Å². The van der Waals surface area contributed by atoms with Crippen LogP contribution in [-0.2, 0) is 0 Å². The number of rotatable bonds is 2. The fraction of sp³-hybridized carbons (Fsp3) is 0.0714. The molecule has 0 saturated carbocycles. The summed E-state index contributed by atoms with van der Waals surface area (Å²) in [6.07, 6.45) is 0. The zero-order valence-corrected chi connectivity index (χ0v) is 11.6. The summed E-state index contributed by atoms with van der Waals surface area (Å²) in [5, 5.41) is 13.0. The Balaban J connectivity index is 2.25. The molecule has 0 unspecified atom stereocenters. The van der Waals surface area contributed by atoms with Crippen LogP contribution in [0.5, 0.6) is 5.75 Å². The first-order valence-electron chi connectivity index (χ1n) is 5.53. The Morgan fingerprint density at radius 3 is 2.58 bits per heavy atom. The number of hydrogen-bond acceptors (Lipinski definition) is 2. The number of phenols is 1. The third kappa shape index (κ3) is 3.19. The van der Waals surface area contributed by atoms with Crippen LogP contribution < -0.4 is 5.32 Å². The second kappa shape index (κ2) is 5.51. The molecule has 2 aromatic rings. The van der Waals surface area contributed by atoms with Crippen LogP contribution >= 0.6 is 23.2 Å². The van der Waals surface area contributed by atoms with Crippen molar-refractivity contribution in [3.8, 4) is 5.75 Å². The number of phenolic OH excluding ortho intramolecular Hbond substituents is 1. The van der Waals surface area contributed by atoms with E-state index in [1.807, 2.05) is 0 Å². The van der Waals surface area contributed by atoms with E-state index in [-0.39, 0.29) is 11.7 Å². The fourth-order valence-electron chi connectivity index (χ4n) is 1.58. The predicted octanol–water partition coefficient (Wildman–Crippen LogP) is 4.26. The first kappa shape index (κ1) is 13.7. The number of nitrogens with one attached hydrogen (secondary N) is 1. The molecule has 0 spiro atoms. The van der Waals surface area contributed by atoms with Crippen molar-refractivity contribution in [3.05, 3.63) is 57.6 Å². The van der Waals surface area contributed by atoms with Gasteiger partial charge < -0.3 is 10.4 Å². The highest BCUT2D eigenvalue weighted by Crippen LogP contribution is 2.26. The average molecular weight is 296 g/mol. The summed E-state index contributed by atoms with van der Waals surface area (Å²) in [6, 6.07) is 9.45. The van der Waals surface area contributed by atoms with Crippen LogP contribution in [0.2, 0.25) is 10.0 Å². The molecular weight excluding hydrogens is 285 g/mol. The van der Waals surface area contributed by atoms with Crippen molar-refractivity contribution < 1.29 is 9.90 Å². The van der Waals surface area contributed by atoms with Gasteiger partial charge in [0.15, 0.2) is 0 Å². The standard InChI is InChI=1S/C14H11Cl2NO2/c1-8-6-9(2-5-13(8)18)14(19)17-12-7-10(15)3-4-11(12)16/h2-7,18H,1H3,(H,17,19).